The van der Waals surface area contributed by atoms with Crippen molar-refractivity contribution in [2.24, 2.45) is 0 Å². The van der Waals surface area contributed by atoms with Crippen molar-refractivity contribution in [3.8, 4) is 11.5 Å². The van der Waals surface area contributed by atoms with Crippen LogP contribution in [0.4, 0.5) is 0 Å². The van der Waals surface area contributed by atoms with Crippen molar-refractivity contribution in [2.45, 2.75) is 25.3 Å². The van der Waals surface area contributed by atoms with E-state index in [4.69, 9.17) is 14.6 Å². The Labute approximate surface area is 115 Å². The highest BCUT2D eigenvalue weighted by atomic mass is 16.7. The van der Waals surface area contributed by atoms with Crippen LogP contribution < -0.4 is 9.47 Å². The fraction of sp³-hybridized carbons (Fsp3) is 0.429. The number of ether oxygens (including phenoxy) is 2. The Morgan fingerprint density at radius 1 is 1.30 bits per heavy atom. The molecule has 0 bridgehead atoms. The predicted octanol–water partition coefficient (Wildman–Crippen LogP) is 1.49. The SMILES string of the molecule is O=C(O)C[C@H]1CCCN1C(=O)c1ccc2c(c1)OCO2. The van der Waals surface area contributed by atoms with Crippen LogP contribution in [0.3, 0.4) is 0 Å². The maximum atomic E-state index is 12.5. The highest BCUT2D eigenvalue weighted by Gasteiger charge is 2.31. The first-order valence-corrected chi connectivity index (χ1v) is 6.57. The number of nitrogens with zero attached hydrogens (tertiary/aromatic N) is 1. The Hall–Kier alpha value is -2.24. The highest BCUT2D eigenvalue weighted by molar-refractivity contribution is 5.95. The third kappa shape index (κ3) is 2.29. The second-order valence-corrected chi connectivity index (χ2v) is 4.96. The molecule has 0 unspecified atom stereocenters. The van der Waals surface area contributed by atoms with Gasteiger partial charge in [0.1, 0.15) is 0 Å². The van der Waals surface area contributed by atoms with E-state index in [9.17, 15) is 9.59 Å². The lowest BCUT2D eigenvalue weighted by atomic mass is 10.1. The zero-order valence-electron chi connectivity index (χ0n) is 10.9. The average molecular weight is 277 g/mol. The molecule has 20 heavy (non-hydrogen) atoms. The standard InChI is InChI=1S/C14H15NO5/c16-13(17)7-10-2-1-5-15(10)14(18)9-3-4-11-12(6-9)20-8-19-11/h3-4,6,10H,1-2,5,7-8H2,(H,16,17)/t10-/m1/s1. The van der Waals surface area contributed by atoms with E-state index in [-0.39, 0.29) is 25.2 Å². The van der Waals surface area contributed by atoms with Crippen molar-refractivity contribution in [1.29, 1.82) is 0 Å². The number of fused-ring (bicyclic) bond motifs is 1. The van der Waals surface area contributed by atoms with E-state index in [1.807, 2.05) is 0 Å². The second-order valence-electron chi connectivity index (χ2n) is 4.96. The van der Waals surface area contributed by atoms with Gasteiger partial charge in [0, 0.05) is 18.2 Å². The molecule has 3 rings (SSSR count). The largest absolute Gasteiger partial charge is 0.481 e. The molecule has 1 aromatic rings. The summed E-state index contributed by atoms with van der Waals surface area (Å²) in [5.41, 5.74) is 0.506. The predicted molar refractivity (Wildman–Crippen MR) is 68.9 cm³/mol. The van der Waals surface area contributed by atoms with Gasteiger partial charge in [0.05, 0.1) is 6.42 Å². The number of hydrogen-bond donors (Lipinski definition) is 1. The number of carboxylic acid groups (broad SMARTS) is 1. The highest BCUT2D eigenvalue weighted by Crippen LogP contribution is 2.33. The van der Waals surface area contributed by atoms with Gasteiger partial charge in [-0.25, -0.2) is 0 Å². The van der Waals surface area contributed by atoms with E-state index < -0.39 is 5.97 Å². The summed E-state index contributed by atoms with van der Waals surface area (Å²) in [7, 11) is 0. The summed E-state index contributed by atoms with van der Waals surface area (Å²) >= 11 is 0. The number of likely N-dealkylation sites (tertiary alicyclic amines) is 1. The van der Waals surface area contributed by atoms with Crippen molar-refractivity contribution >= 4 is 11.9 Å². The molecule has 6 heteroatoms. The Kier molecular flexibility index (Phi) is 3.22. The van der Waals surface area contributed by atoms with Crippen molar-refractivity contribution < 1.29 is 24.2 Å². The van der Waals surface area contributed by atoms with Crippen LogP contribution in [0.2, 0.25) is 0 Å². The van der Waals surface area contributed by atoms with Gasteiger partial charge in [-0.3, -0.25) is 9.59 Å². The summed E-state index contributed by atoms with van der Waals surface area (Å²) in [6.45, 7) is 0.767. The topological polar surface area (TPSA) is 76.1 Å². The summed E-state index contributed by atoms with van der Waals surface area (Å²) < 4.78 is 10.5. The van der Waals surface area contributed by atoms with E-state index >= 15 is 0 Å². The molecule has 1 N–H and O–H groups in total. The van der Waals surface area contributed by atoms with Crippen molar-refractivity contribution in [2.75, 3.05) is 13.3 Å². The number of amides is 1. The first-order chi connectivity index (χ1) is 9.65. The monoisotopic (exact) mass is 277 g/mol. The number of rotatable bonds is 3. The minimum absolute atomic E-state index is 0.00368. The lowest BCUT2D eigenvalue weighted by molar-refractivity contribution is -0.137. The van der Waals surface area contributed by atoms with Gasteiger partial charge in [0.15, 0.2) is 11.5 Å². The molecule has 2 aliphatic rings. The molecule has 1 aromatic carbocycles. The van der Waals surface area contributed by atoms with Crippen LogP contribution in [0.5, 0.6) is 11.5 Å². The zero-order valence-corrected chi connectivity index (χ0v) is 10.9. The minimum atomic E-state index is -0.875. The molecular formula is C14H15NO5. The van der Waals surface area contributed by atoms with Crippen LogP contribution in [-0.4, -0.2) is 41.3 Å². The van der Waals surface area contributed by atoms with Crippen LogP contribution >= 0.6 is 0 Å². The number of carbonyl (C=O) groups excluding carboxylic acids is 1. The van der Waals surface area contributed by atoms with Crippen LogP contribution in [0.25, 0.3) is 0 Å². The van der Waals surface area contributed by atoms with Crippen molar-refractivity contribution in [3.05, 3.63) is 23.8 Å². The zero-order chi connectivity index (χ0) is 14.1. The summed E-state index contributed by atoms with van der Waals surface area (Å²) in [6.07, 6.45) is 1.58. The lowest BCUT2D eigenvalue weighted by Gasteiger charge is -2.23. The molecule has 0 saturated carbocycles. The third-order valence-corrected chi connectivity index (χ3v) is 3.67. The number of aliphatic carboxylic acids is 1. The lowest BCUT2D eigenvalue weighted by Crippen LogP contribution is -2.36. The van der Waals surface area contributed by atoms with E-state index in [1.165, 1.54) is 0 Å². The number of hydrogen-bond acceptors (Lipinski definition) is 4. The first-order valence-electron chi connectivity index (χ1n) is 6.57. The van der Waals surface area contributed by atoms with Gasteiger partial charge in [0.25, 0.3) is 5.91 Å². The molecule has 0 aliphatic carbocycles. The van der Waals surface area contributed by atoms with Gasteiger partial charge in [-0.05, 0) is 31.0 Å². The molecule has 0 radical (unpaired) electrons. The third-order valence-electron chi connectivity index (χ3n) is 3.67. The summed E-state index contributed by atoms with van der Waals surface area (Å²) in [5.74, 6) is 0.169. The molecule has 1 amide bonds. The summed E-state index contributed by atoms with van der Waals surface area (Å²) in [4.78, 5) is 25.0. The van der Waals surface area contributed by atoms with Crippen LogP contribution in [0.15, 0.2) is 18.2 Å². The number of carbonyl (C=O) groups is 2. The fourth-order valence-corrected chi connectivity index (χ4v) is 2.71. The molecule has 1 atom stereocenters. The van der Waals surface area contributed by atoms with Gasteiger partial charge < -0.3 is 19.5 Å². The number of benzene rings is 1. The quantitative estimate of drug-likeness (QED) is 0.906. The Morgan fingerprint density at radius 2 is 2.10 bits per heavy atom. The molecule has 0 aromatic heterocycles. The molecule has 1 saturated heterocycles. The van der Waals surface area contributed by atoms with E-state index in [0.717, 1.165) is 12.8 Å². The normalized spacial score (nSPS) is 20.2. The molecule has 2 aliphatic heterocycles. The van der Waals surface area contributed by atoms with Gasteiger partial charge in [-0.2, -0.15) is 0 Å². The summed E-state index contributed by atoms with van der Waals surface area (Å²) in [5, 5.41) is 8.90. The van der Waals surface area contributed by atoms with Gasteiger partial charge in [-0.1, -0.05) is 0 Å². The molecule has 106 valence electrons. The minimum Gasteiger partial charge on any atom is -0.481 e. The Morgan fingerprint density at radius 3 is 2.90 bits per heavy atom. The smallest absolute Gasteiger partial charge is 0.305 e. The Balaban J connectivity index is 1.79. The van der Waals surface area contributed by atoms with Crippen LogP contribution in [0, 0.1) is 0 Å². The van der Waals surface area contributed by atoms with Crippen molar-refractivity contribution in [3.63, 3.8) is 0 Å². The number of carboxylic acids is 1. The maximum Gasteiger partial charge on any atom is 0.305 e. The van der Waals surface area contributed by atoms with Crippen LogP contribution in [0.1, 0.15) is 29.6 Å². The molecule has 2 heterocycles. The first kappa shape index (κ1) is 12.8. The maximum absolute atomic E-state index is 12.5. The Bertz CT molecular complexity index is 556. The summed E-state index contributed by atoms with van der Waals surface area (Å²) in [6, 6.07) is 4.83. The fourth-order valence-electron chi connectivity index (χ4n) is 2.71. The van der Waals surface area contributed by atoms with E-state index in [0.29, 0.717) is 23.6 Å². The van der Waals surface area contributed by atoms with Crippen LogP contribution in [-0.2, 0) is 4.79 Å². The molecule has 0 spiro atoms. The van der Waals surface area contributed by atoms with E-state index in [2.05, 4.69) is 0 Å². The van der Waals surface area contributed by atoms with E-state index in [1.54, 1.807) is 23.1 Å². The molecular weight excluding hydrogens is 262 g/mol. The van der Waals surface area contributed by atoms with Gasteiger partial charge in [0.2, 0.25) is 6.79 Å². The second kappa shape index (κ2) is 5.03. The average Bonchev–Trinajstić information content (AvgIpc) is 3.04. The van der Waals surface area contributed by atoms with Gasteiger partial charge in [-0.15, -0.1) is 0 Å². The molecule has 1 fully saturated rings. The molecule has 6 nitrogen and oxygen atoms in total. The van der Waals surface area contributed by atoms with Gasteiger partial charge >= 0.3 is 5.97 Å². The van der Waals surface area contributed by atoms with Crippen molar-refractivity contribution in [1.82, 2.24) is 4.90 Å².